The molecule has 1 amide bonds. The molecule has 0 aliphatic rings. The summed E-state index contributed by atoms with van der Waals surface area (Å²) in [5.41, 5.74) is 1.92. The van der Waals surface area contributed by atoms with Crippen LogP contribution in [0.3, 0.4) is 0 Å². The molecule has 0 aliphatic heterocycles. The summed E-state index contributed by atoms with van der Waals surface area (Å²) in [5, 5.41) is 22.1. The van der Waals surface area contributed by atoms with E-state index in [2.05, 4.69) is 22.4 Å². The Kier molecular flexibility index (Phi) is 7.10. The van der Waals surface area contributed by atoms with E-state index in [0.717, 1.165) is 11.8 Å². The van der Waals surface area contributed by atoms with Crippen LogP contribution in [0.2, 0.25) is 0 Å². The molecular weight excluding hydrogens is 412 g/mol. The first-order chi connectivity index (χ1) is 15.1. The smallest absolute Gasteiger partial charge is 0.289 e. The van der Waals surface area contributed by atoms with Crippen LogP contribution in [0, 0.1) is 22.7 Å². The number of anilines is 1. The van der Waals surface area contributed by atoms with E-state index in [4.69, 9.17) is 9.47 Å². The van der Waals surface area contributed by atoms with Crippen molar-refractivity contribution in [2.45, 2.75) is 11.9 Å². The Morgan fingerprint density at radius 3 is 2.32 bits per heavy atom. The Morgan fingerprint density at radius 2 is 1.74 bits per heavy atom. The number of nitrogens with one attached hydrogen (secondary N) is 1. The Hall–Kier alpha value is -4.01. The number of nitriles is 2. The van der Waals surface area contributed by atoms with Gasteiger partial charge in [-0.3, -0.25) is 4.79 Å². The van der Waals surface area contributed by atoms with Crippen molar-refractivity contribution in [1.29, 1.82) is 10.5 Å². The Labute approximate surface area is 184 Å². The molecule has 0 saturated carbocycles. The number of benzene rings is 2. The van der Waals surface area contributed by atoms with Crippen molar-refractivity contribution in [2.24, 2.45) is 0 Å². The molecule has 1 heterocycles. The first-order valence-electron chi connectivity index (χ1n) is 9.30. The molecule has 0 spiro atoms. The second-order valence-corrected chi connectivity index (χ2v) is 7.07. The number of hydrogen-bond donors (Lipinski definition) is 1. The van der Waals surface area contributed by atoms with Crippen LogP contribution in [0.4, 0.5) is 10.5 Å². The van der Waals surface area contributed by atoms with E-state index in [0.29, 0.717) is 22.6 Å². The van der Waals surface area contributed by atoms with E-state index in [1.165, 1.54) is 0 Å². The molecule has 1 aromatic heterocycles. The average molecular weight is 430 g/mol. The van der Waals surface area contributed by atoms with Crippen molar-refractivity contribution < 1.29 is 14.3 Å². The first-order valence-corrected chi connectivity index (χ1v) is 10.1. The minimum Gasteiger partial charge on any atom is -0.497 e. The number of amides is 1. The normalized spacial score (nSPS) is 9.94. The summed E-state index contributed by atoms with van der Waals surface area (Å²) in [5.74, 6) is 0.752. The highest BCUT2D eigenvalue weighted by molar-refractivity contribution is 8.13. The van der Waals surface area contributed by atoms with Crippen molar-refractivity contribution in [3.8, 4) is 34.9 Å². The molecular formula is C23H18N4O3S. The summed E-state index contributed by atoms with van der Waals surface area (Å²) in [7, 11) is 1.56. The van der Waals surface area contributed by atoms with E-state index in [1.54, 1.807) is 50.4 Å². The molecule has 3 rings (SSSR count). The van der Waals surface area contributed by atoms with Crippen LogP contribution in [0.5, 0.6) is 11.6 Å². The van der Waals surface area contributed by atoms with Crippen molar-refractivity contribution in [3.63, 3.8) is 0 Å². The van der Waals surface area contributed by atoms with Gasteiger partial charge in [0.2, 0.25) is 5.88 Å². The van der Waals surface area contributed by atoms with Crippen LogP contribution in [-0.4, -0.2) is 23.9 Å². The molecule has 0 unspecified atom stereocenters. The first kappa shape index (κ1) is 21.7. The molecule has 154 valence electrons. The maximum Gasteiger partial charge on any atom is 0.289 e. The van der Waals surface area contributed by atoms with Gasteiger partial charge in [0, 0.05) is 11.3 Å². The summed E-state index contributed by atoms with van der Waals surface area (Å²) in [4.78, 5) is 17.0. The monoisotopic (exact) mass is 430 g/mol. The maximum atomic E-state index is 12.6. The number of carbonyl (C=O) groups excluding carboxylic acids is 1. The SMILES string of the molecule is CCOc1nc(SC(=O)Nc2ccc(OC)cc2)c(C#N)c(-c2ccccc2)c1C#N. The minimum atomic E-state index is -0.430. The van der Waals surface area contributed by atoms with Gasteiger partial charge >= 0.3 is 0 Å². The molecule has 2 aromatic carbocycles. The quantitative estimate of drug-likeness (QED) is 0.534. The summed E-state index contributed by atoms with van der Waals surface area (Å²) in [6, 6.07) is 20.1. The predicted octanol–water partition coefficient (Wildman–Crippen LogP) is 5.22. The van der Waals surface area contributed by atoms with Crippen molar-refractivity contribution in [1.82, 2.24) is 4.98 Å². The molecule has 7 nitrogen and oxygen atoms in total. The second kappa shape index (κ2) is 10.1. The zero-order valence-electron chi connectivity index (χ0n) is 16.9. The molecule has 1 N–H and O–H groups in total. The number of nitrogens with zero attached hydrogens (tertiary/aromatic N) is 3. The van der Waals surface area contributed by atoms with E-state index in [1.807, 2.05) is 18.2 Å². The highest BCUT2D eigenvalue weighted by Crippen LogP contribution is 2.37. The molecule has 0 bridgehead atoms. The summed E-state index contributed by atoms with van der Waals surface area (Å²) in [6.45, 7) is 2.05. The highest BCUT2D eigenvalue weighted by Gasteiger charge is 2.24. The van der Waals surface area contributed by atoms with Gasteiger partial charge < -0.3 is 14.8 Å². The third-order valence-corrected chi connectivity index (χ3v) is 5.00. The van der Waals surface area contributed by atoms with E-state index in [-0.39, 0.29) is 28.6 Å². The van der Waals surface area contributed by atoms with Crippen molar-refractivity contribution in [2.75, 3.05) is 19.0 Å². The summed E-state index contributed by atoms with van der Waals surface area (Å²) >= 11 is 0.763. The van der Waals surface area contributed by atoms with Gasteiger partial charge in [0.1, 0.15) is 28.5 Å². The van der Waals surface area contributed by atoms with Gasteiger partial charge in [-0.25, -0.2) is 4.98 Å². The van der Waals surface area contributed by atoms with E-state index in [9.17, 15) is 15.3 Å². The van der Waals surface area contributed by atoms with Gasteiger partial charge in [-0.1, -0.05) is 30.3 Å². The highest BCUT2D eigenvalue weighted by atomic mass is 32.2. The lowest BCUT2D eigenvalue weighted by Crippen LogP contribution is -2.08. The van der Waals surface area contributed by atoms with Crippen LogP contribution in [0.15, 0.2) is 59.6 Å². The molecule has 0 fully saturated rings. The number of methoxy groups -OCH3 is 1. The fourth-order valence-electron chi connectivity index (χ4n) is 2.86. The third kappa shape index (κ3) is 4.95. The standard InChI is InChI=1S/C23H18N4O3S/c1-3-30-21-18(13-24)20(15-7-5-4-6-8-15)19(14-25)22(27-21)31-23(28)26-16-9-11-17(29-2)12-10-16/h4-12H,3H2,1-2H3,(H,26,28). The topological polar surface area (TPSA) is 108 Å². The second-order valence-electron chi connectivity index (χ2n) is 6.11. The van der Waals surface area contributed by atoms with Crippen LogP contribution in [0.25, 0.3) is 11.1 Å². The number of thioether (sulfide) groups is 1. The average Bonchev–Trinajstić information content (AvgIpc) is 2.80. The van der Waals surface area contributed by atoms with Crippen LogP contribution < -0.4 is 14.8 Å². The van der Waals surface area contributed by atoms with Gasteiger partial charge in [-0.15, -0.1) is 0 Å². The molecule has 0 atom stereocenters. The molecule has 0 aliphatic carbocycles. The lowest BCUT2D eigenvalue weighted by atomic mass is 9.97. The zero-order chi connectivity index (χ0) is 22.2. The van der Waals surface area contributed by atoms with Crippen molar-refractivity contribution >= 4 is 22.7 Å². The van der Waals surface area contributed by atoms with Gasteiger partial charge in [-0.2, -0.15) is 10.5 Å². The maximum absolute atomic E-state index is 12.6. The molecule has 8 heteroatoms. The summed E-state index contributed by atoms with van der Waals surface area (Å²) < 4.78 is 10.7. The number of rotatable bonds is 6. The lowest BCUT2D eigenvalue weighted by molar-refractivity contribution is 0.269. The Bertz CT molecular complexity index is 1170. The Morgan fingerprint density at radius 1 is 1.06 bits per heavy atom. The number of carbonyl (C=O) groups is 1. The number of hydrogen-bond acceptors (Lipinski definition) is 7. The fourth-order valence-corrected chi connectivity index (χ4v) is 3.59. The third-order valence-electron chi connectivity index (χ3n) is 4.22. The van der Waals surface area contributed by atoms with E-state index < -0.39 is 5.24 Å². The number of aromatic nitrogens is 1. The summed E-state index contributed by atoms with van der Waals surface area (Å²) in [6.07, 6.45) is 0. The Balaban J connectivity index is 2.02. The van der Waals surface area contributed by atoms with Crippen LogP contribution >= 0.6 is 11.8 Å². The van der Waals surface area contributed by atoms with Gasteiger partial charge in [0.15, 0.2) is 0 Å². The van der Waals surface area contributed by atoms with Crippen LogP contribution in [0.1, 0.15) is 18.1 Å². The number of ether oxygens (including phenoxy) is 2. The fraction of sp³-hybridized carbons (Fsp3) is 0.130. The zero-order valence-corrected chi connectivity index (χ0v) is 17.7. The van der Waals surface area contributed by atoms with Crippen molar-refractivity contribution in [3.05, 3.63) is 65.7 Å². The van der Waals surface area contributed by atoms with Gasteiger partial charge in [-0.05, 0) is 48.5 Å². The predicted molar refractivity (Wildman–Crippen MR) is 118 cm³/mol. The van der Waals surface area contributed by atoms with Gasteiger partial charge in [0.25, 0.3) is 5.24 Å². The molecule has 3 aromatic rings. The molecule has 0 saturated heterocycles. The largest absolute Gasteiger partial charge is 0.497 e. The molecule has 0 radical (unpaired) electrons. The minimum absolute atomic E-state index is 0.0857. The number of pyridine rings is 1. The van der Waals surface area contributed by atoms with Crippen LogP contribution in [-0.2, 0) is 0 Å². The van der Waals surface area contributed by atoms with Gasteiger partial charge in [0.05, 0.1) is 19.3 Å². The lowest BCUT2D eigenvalue weighted by Gasteiger charge is -2.14. The molecule has 31 heavy (non-hydrogen) atoms. The van der Waals surface area contributed by atoms with E-state index >= 15 is 0 Å².